The molecule has 0 saturated carbocycles. The molecular weight excluding hydrogens is 257 g/mol. The highest BCUT2D eigenvalue weighted by Gasteiger charge is 2.18. The van der Waals surface area contributed by atoms with Crippen LogP contribution in [0.15, 0.2) is 30.3 Å². The zero-order valence-corrected chi connectivity index (χ0v) is 10.4. The molecule has 2 aromatic carbocycles. The molecule has 0 heterocycles. The number of phenols is 2. The summed E-state index contributed by atoms with van der Waals surface area (Å²) in [5.41, 5.74) is -0.129. The first-order valence-corrected chi connectivity index (χ1v) is 5.66. The van der Waals surface area contributed by atoms with Crippen molar-refractivity contribution in [2.45, 2.75) is 13.8 Å². The molecule has 0 saturated heterocycles. The summed E-state index contributed by atoms with van der Waals surface area (Å²) in [7, 11) is 0. The Balaban J connectivity index is 0.000000861. The normalized spacial score (nSPS) is 9.74. The van der Waals surface area contributed by atoms with Gasteiger partial charge in [-0.25, -0.2) is 8.78 Å². The molecule has 0 aliphatic carbocycles. The fourth-order valence-electron chi connectivity index (χ4n) is 1.44. The van der Waals surface area contributed by atoms with Crippen LogP contribution in [-0.4, -0.2) is 10.2 Å². The average Bonchev–Trinajstić information content (AvgIpc) is 2.44. The van der Waals surface area contributed by atoms with Crippen LogP contribution in [0.1, 0.15) is 13.8 Å². The maximum Gasteiger partial charge on any atom is 0.204 e. The minimum Gasteiger partial charge on any atom is -0.508 e. The Bertz CT molecular complexity index is 566. The van der Waals surface area contributed by atoms with E-state index in [1.54, 1.807) is 0 Å². The summed E-state index contributed by atoms with van der Waals surface area (Å²) < 4.78 is 39.6. The lowest BCUT2D eigenvalue weighted by Gasteiger charge is -2.06. The van der Waals surface area contributed by atoms with Crippen molar-refractivity contribution in [1.29, 1.82) is 0 Å². The Kier molecular flexibility index (Phi) is 4.80. The topological polar surface area (TPSA) is 40.5 Å². The molecule has 2 N–H and O–H groups in total. The number of aromatic hydroxyl groups is 2. The number of hydrogen-bond donors (Lipinski definition) is 2. The Labute approximate surface area is 108 Å². The quantitative estimate of drug-likeness (QED) is 0.762. The van der Waals surface area contributed by atoms with E-state index in [4.69, 9.17) is 10.2 Å². The molecule has 0 unspecified atom stereocenters. The highest BCUT2D eigenvalue weighted by atomic mass is 19.2. The Morgan fingerprint density at radius 2 is 1.37 bits per heavy atom. The lowest BCUT2D eigenvalue weighted by atomic mass is 10.0. The van der Waals surface area contributed by atoms with Gasteiger partial charge in [-0.1, -0.05) is 26.0 Å². The summed E-state index contributed by atoms with van der Waals surface area (Å²) in [5, 5.41) is 17.9. The van der Waals surface area contributed by atoms with Crippen LogP contribution >= 0.6 is 0 Å². The molecule has 0 aliphatic rings. The zero-order valence-electron chi connectivity index (χ0n) is 10.4. The van der Waals surface area contributed by atoms with Crippen LogP contribution < -0.4 is 0 Å². The molecule has 2 rings (SSSR count). The fourth-order valence-corrected chi connectivity index (χ4v) is 1.44. The summed E-state index contributed by atoms with van der Waals surface area (Å²) in [4.78, 5) is 0. The first-order chi connectivity index (χ1) is 9.00. The lowest BCUT2D eigenvalue weighted by molar-refractivity contribution is 0.377. The summed E-state index contributed by atoms with van der Waals surface area (Å²) in [6.45, 7) is 4.00. The second-order valence-corrected chi connectivity index (χ2v) is 3.43. The van der Waals surface area contributed by atoms with Crippen LogP contribution in [0.4, 0.5) is 13.2 Å². The number of benzene rings is 2. The van der Waals surface area contributed by atoms with Crippen molar-refractivity contribution in [3.05, 3.63) is 47.8 Å². The van der Waals surface area contributed by atoms with E-state index in [1.807, 2.05) is 13.8 Å². The van der Waals surface area contributed by atoms with Crippen molar-refractivity contribution >= 4 is 0 Å². The van der Waals surface area contributed by atoms with Crippen LogP contribution in [0.3, 0.4) is 0 Å². The van der Waals surface area contributed by atoms with Crippen molar-refractivity contribution in [2.24, 2.45) is 0 Å². The Morgan fingerprint density at radius 3 is 1.89 bits per heavy atom. The van der Waals surface area contributed by atoms with Gasteiger partial charge < -0.3 is 10.2 Å². The first kappa shape index (κ1) is 14.9. The zero-order chi connectivity index (χ0) is 14.6. The monoisotopic (exact) mass is 270 g/mol. The van der Waals surface area contributed by atoms with E-state index in [0.29, 0.717) is 6.07 Å². The number of halogens is 3. The minimum absolute atomic E-state index is 0.0473. The summed E-state index contributed by atoms with van der Waals surface area (Å²) in [6.07, 6.45) is 0. The van der Waals surface area contributed by atoms with Crippen LogP contribution in [-0.2, 0) is 0 Å². The van der Waals surface area contributed by atoms with Crippen LogP contribution in [0, 0.1) is 17.5 Å². The first-order valence-electron chi connectivity index (χ1n) is 5.66. The molecule has 0 amide bonds. The summed E-state index contributed by atoms with van der Waals surface area (Å²) in [6, 6.07) is 5.84. The third-order valence-corrected chi connectivity index (χ3v) is 2.31. The predicted molar refractivity (Wildman–Crippen MR) is 66.4 cm³/mol. The van der Waals surface area contributed by atoms with E-state index < -0.39 is 23.2 Å². The molecule has 0 spiro atoms. The second kappa shape index (κ2) is 6.13. The SMILES string of the molecule is CC.Oc1ccc(-c2cc(F)c(O)c(F)c2F)cc1. The predicted octanol–water partition coefficient (Wildman–Crippen LogP) is 4.21. The van der Waals surface area contributed by atoms with Gasteiger partial charge in [-0.3, -0.25) is 0 Å². The molecule has 0 aromatic heterocycles. The highest BCUT2D eigenvalue weighted by Crippen LogP contribution is 2.32. The molecule has 102 valence electrons. The van der Waals surface area contributed by atoms with E-state index >= 15 is 0 Å². The van der Waals surface area contributed by atoms with Crippen molar-refractivity contribution in [3.8, 4) is 22.6 Å². The van der Waals surface area contributed by atoms with Gasteiger partial charge in [0.15, 0.2) is 17.4 Å². The minimum atomic E-state index is -1.63. The van der Waals surface area contributed by atoms with E-state index in [2.05, 4.69) is 0 Å². The third kappa shape index (κ3) is 2.99. The van der Waals surface area contributed by atoms with Crippen LogP contribution in [0.25, 0.3) is 11.1 Å². The van der Waals surface area contributed by atoms with Gasteiger partial charge in [-0.15, -0.1) is 0 Å². The largest absolute Gasteiger partial charge is 0.508 e. The molecule has 2 aromatic rings. The van der Waals surface area contributed by atoms with Crippen molar-refractivity contribution < 1.29 is 23.4 Å². The molecule has 0 aliphatic heterocycles. The standard InChI is InChI=1S/C12H7F3O2.C2H6/c13-9-5-8(10(14)11(15)12(9)17)6-1-3-7(16)4-2-6;1-2/h1-5,16-17H;1-2H3. The maximum absolute atomic E-state index is 13.5. The highest BCUT2D eigenvalue weighted by molar-refractivity contribution is 5.66. The van der Waals surface area contributed by atoms with Gasteiger partial charge in [0.2, 0.25) is 5.82 Å². The van der Waals surface area contributed by atoms with Gasteiger partial charge in [0.1, 0.15) is 5.75 Å². The number of hydrogen-bond acceptors (Lipinski definition) is 2. The van der Waals surface area contributed by atoms with Gasteiger partial charge in [0.05, 0.1) is 0 Å². The van der Waals surface area contributed by atoms with E-state index in [9.17, 15) is 13.2 Å². The molecule has 0 bridgehead atoms. The van der Waals surface area contributed by atoms with E-state index in [1.165, 1.54) is 24.3 Å². The van der Waals surface area contributed by atoms with E-state index in [0.717, 1.165) is 0 Å². The van der Waals surface area contributed by atoms with Crippen LogP contribution in [0.5, 0.6) is 11.5 Å². The summed E-state index contributed by atoms with van der Waals surface area (Å²) in [5.74, 6) is -5.60. The number of rotatable bonds is 1. The lowest BCUT2D eigenvalue weighted by Crippen LogP contribution is -1.93. The van der Waals surface area contributed by atoms with Crippen molar-refractivity contribution in [2.75, 3.05) is 0 Å². The second-order valence-electron chi connectivity index (χ2n) is 3.43. The summed E-state index contributed by atoms with van der Waals surface area (Å²) >= 11 is 0. The Hall–Kier alpha value is -2.17. The van der Waals surface area contributed by atoms with Gasteiger partial charge >= 0.3 is 0 Å². The van der Waals surface area contributed by atoms with Gasteiger partial charge in [0.25, 0.3) is 0 Å². The molecule has 19 heavy (non-hydrogen) atoms. The molecule has 2 nitrogen and oxygen atoms in total. The molecule has 5 heteroatoms. The van der Waals surface area contributed by atoms with Gasteiger partial charge in [0, 0.05) is 5.56 Å². The molecule has 0 atom stereocenters. The smallest absolute Gasteiger partial charge is 0.204 e. The fraction of sp³-hybridized carbons (Fsp3) is 0.143. The maximum atomic E-state index is 13.5. The third-order valence-electron chi connectivity index (χ3n) is 2.31. The molecule has 0 radical (unpaired) electrons. The van der Waals surface area contributed by atoms with Gasteiger partial charge in [-0.05, 0) is 23.8 Å². The average molecular weight is 270 g/mol. The number of phenolic OH excluding ortho intramolecular Hbond substituents is 2. The van der Waals surface area contributed by atoms with Gasteiger partial charge in [-0.2, -0.15) is 4.39 Å². The van der Waals surface area contributed by atoms with Crippen LogP contribution in [0.2, 0.25) is 0 Å². The van der Waals surface area contributed by atoms with Crippen molar-refractivity contribution in [3.63, 3.8) is 0 Å². The van der Waals surface area contributed by atoms with Crippen molar-refractivity contribution in [1.82, 2.24) is 0 Å². The molecular formula is C14H13F3O2. The Morgan fingerprint density at radius 1 is 0.842 bits per heavy atom. The van der Waals surface area contributed by atoms with E-state index in [-0.39, 0.29) is 16.9 Å². The molecule has 0 fully saturated rings.